The van der Waals surface area contributed by atoms with E-state index in [-0.39, 0.29) is 18.0 Å². The fraction of sp³-hybridized carbons (Fsp3) is 0.250. The molecule has 2 rings (SSSR count). The Labute approximate surface area is 133 Å². The summed E-state index contributed by atoms with van der Waals surface area (Å²) >= 11 is 0. The van der Waals surface area contributed by atoms with E-state index in [1.807, 2.05) is 0 Å². The Kier molecular flexibility index (Phi) is 5.11. The molecular weight excluding hydrogens is 327 g/mol. The van der Waals surface area contributed by atoms with Crippen LogP contribution in [0.3, 0.4) is 0 Å². The predicted molar refractivity (Wildman–Crippen MR) is 81.2 cm³/mol. The van der Waals surface area contributed by atoms with E-state index in [2.05, 4.69) is 0 Å². The second-order valence-electron chi connectivity index (χ2n) is 4.94. The van der Waals surface area contributed by atoms with Gasteiger partial charge in [0.15, 0.2) is 0 Å². The maximum Gasteiger partial charge on any atom is 0.416 e. The molecule has 0 aromatic heterocycles. The van der Waals surface area contributed by atoms with Gasteiger partial charge in [-0.1, -0.05) is 43.3 Å². The molecule has 0 N–H and O–H groups in total. The molecule has 2 aromatic carbocycles. The zero-order chi connectivity index (χ0) is 17.1. The normalized spacial score (nSPS) is 12.6. The van der Waals surface area contributed by atoms with Gasteiger partial charge in [-0.2, -0.15) is 17.5 Å². The summed E-state index contributed by atoms with van der Waals surface area (Å²) in [6.45, 7) is 1.91. The van der Waals surface area contributed by atoms with Crippen molar-refractivity contribution >= 4 is 10.0 Å². The number of nitrogens with zero attached hydrogens (tertiary/aromatic N) is 1. The molecule has 0 aliphatic rings. The van der Waals surface area contributed by atoms with Crippen molar-refractivity contribution in [3.63, 3.8) is 0 Å². The molecule has 0 saturated heterocycles. The van der Waals surface area contributed by atoms with Crippen LogP contribution < -0.4 is 0 Å². The number of halogens is 3. The van der Waals surface area contributed by atoms with E-state index >= 15 is 0 Å². The second-order valence-corrected chi connectivity index (χ2v) is 6.88. The van der Waals surface area contributed by atoms with E-state index < -0.39 is 21.8 Å². The number of rotatable bonds is 5. The first kappa shape index (κ1) is 17.5. The van der Waals surface area contributed by atoms with Crippen LogP contribution in [0.2, 0.25) is 0 Å². The van der Waals surface area contributed by atoms with Crippen LogP contribution in [0, 0.1) is 0 Å². The van der Waals surface area contributed by atoms with E-state index in [0.29, 0.717) is 6.07 Å². The molecule has 0 aliphatic carbocycles. The van der Waals surface area contributed by atoms with Gasteiger partial charge in [0.1, 0.15) is 0 Å². The van der Waals surface area contributed by atoms with Crippen LogP contribution in [0.1, 0.15) is 18.1 Å². The van der Waals surface area contributed by atoms with Gasteiger partial charge in [-0.25, -0.2) is 8.42 Å². The lowest BCUT2D eigenvalue weighted by Crippen LogP contribution is -2.30. The Balaban J connectivity index is 2.36. The van der Waals surface area contributed by atoms with Crippen molar-refractivity contribution in [1.82, 2.24) is 4.31 Å². The van der Waals surface area contributed by atoms with Crippen molar-refractivity contribution in [1.29, 1.82) is 0 Å². The predicted octanol–water partition coefficient (Wildman–Crippen LogP) is 3.92. The summed E-state index contributed by atoms with van der Waals surface area (Å²) in [6, 6.07) is 12.7. The average Bonchev–Trinajstić information content (AvgIpc) is 2.52. The van der Waals surface area contributed by atoms with Crippen molar-refractivity contribution in [3.8, 4) is 0 Å². The first-order chi connectivity index (χ1) is 10.7. The third kappa shape index (κ3) is 4.11. The summed E-state index contributed by atoms with van der Waals surface area (Å²) in [5.41, 5.74) is -0.209. The zero-order valence-corrected chi connectivity index (χ0v) is 13.2. The molecule has 0 unspecified atom stereocenters. The standard InChI is InChI=1S/C16H16F3NO2S/c1-2-20(12-13-7-4-3-5-8-13)23(21,22)15-10-6-9-14(11-15)16(17,18)19/h3-11H,2,12H2,1H3. The quantitative estimate of drug-likeness (QED) is 0.825. The highest BCUT2D eigenvalue weighted by atomic mass is 32.2. The molecule has 3 nitrogen and oxygen atoms in total. The highest BCUT2D eigenvalue weighted by Gasteiger charge is 2.32. The fourth-order valence-electron chi connectivity index (χ4n) is 2.14. The SMILES string of the molecule is CCN(Cc1ccccc1)S(=O)(=O)c1cccc(C(F)(F)F)c1. The van der Waals surface area contributed by atoms with Crippen molar-refractivity contribution in [2.75, 3.05) is 6.54 Å². The highest BCUT2D eigenvalue weighted by Crippen LogP contribution is 2.31. The van der Waals surface area contributed by atoms with Crippen LogP contribution in [0.4, 0.5) is 13.2 Å². The molecule has 7 heteroatoms. The van der Waals surface area contributed by atoms with Crippen LogP contribution in [0.5, 0.6) is 0 Å². The van der Waals surface area contributed by atoms with Crippen LogP contribution in [-0.2, 0) is 22.7 Å². The molecule has 0 atom stereocenters. The van der Waals surface area contributed by atoms with Gasteiger partial charge >= 0.3 is 6.18 Å². The Hall–Kier alpha value is -1.86. The van der Waals surface area contributed by atoms with Crippen molar-refractivity contribution in [3.05, 3.63) is 65.7 Å². The van der Waals surface area contributed by atoms with E-state index in [0.717, 1.165) is 22.0 Å². The molecule has 0 spiro atoms. The van der Waals surface area contributed by atoms with E-state index in [9.17, 15) is 21.6 Å². The molecule has 0 amide bonds. The van der Waals surface area contributed by atoms with Crippen LogP contribution >= 0.6 is 0 Å². The van der Waals surface area contributed by atoms with Crippen LogP contribution in [-0.4, -0.2) is 19.3 Å². The fourth-order valence-corrected chi connectivity index (χ4v) is 3.62. The van der Waals surface area contributed by atoms with Gasteiger partial charge in [-0.3, -0.25) is 0 Å². The van der Waals surface area contributed by atoms with Crippen molar-refractivity contribution < 1.29 is 21.6 Å². The van der Waals surface area contributed by atoms with Gasteiger partial charge < -0.3 is 0 Å². The Morgan fingerprint density at radius 2 is 1.65 bits per heavy atom. The van der Waals surface area contributed by atoms with E-state index in [4.69, 9.17) is 0 Å². The second kappa shape index (κ2) is 6.72. The molecule has 0 heterocycles. The third-order valence-electron chi connectivity index (χ3n) is 3.35. The summed E-state index contributed by atoms with van der Waals surface area (Å²) in [7, 11) is -4.00. The number of hydrogen-bond acceptors (Lipinski definition) is 2. The third-order valence-corrected chi connectivity index (χ3v) is 5.27. The Bertz CT molecular complexity index is 758. The number of benzene rings is 2. The Morgan fingerprint density at radius 1 is 1.00 bits per heavy atom. The molecule has 124 valence electrons. The van der Waals surface area contributed by atoms with Crippen LogP contribution in [0.15, 0.2) is 59.5 Å². The summed E-state index contributed by atoms with van der Waals surface area (Å²) in [5.74, 6) is 0. The summed E-state index contributed by atoms with van der Waals surface area (Å²) in [4.78, 5) is -0.356. The molecule has 23 heavy (non-hydrogen) atoms. The van der Waals surface area contributed by atoms with Crippen LogP contribution in [0.25, 0.3) is 0 Å². The summed E-state index contributed by atoms with van der Waals surface area (Å²) in [5, 5.41) is 0. The first-order valence-electron chi connectivity index (χ1n) is 6.96. The minimum Gasteiger partial charge on any atom is -0.207 e. The smallest absolute Gasteiger partial charge is 0.207 e. The summed E-state index contributed by atoms with van der Waals surface area (Å²) in [6.07, 6.45) is -4.58. The monoisotopic (exact) mass is 343 g/mol. The van der Waals surface area contributed by atoms with Gasteiger partial charge in [0.2, 0.25) is 10.0 Å². The lowest BCUT2D eigenvalue weighted by atomic mass is 10.2. The minimum atomic E-state index is -4.58. The molecule has 0 bridgehead atoms. The molecule has 0 radical (unpaired) electrons. The van der Waals surface area contributed by atoms with Gasteiger partial charge in [-0.05, 0) is 23.8 Å². The molecule has 2 aromatic rings. The largest absolute Gasteiger partial charge is 0.416 e. The molecule has 0 fully saturated rings. The topological polar surface area (TPSA) is 37.4 Å². The van der Waals surface area contributed by atoms with E-state index in [1.165, 1.54) is 6.07 Å². The highest BCUT2D eigenvalue weighted by molar-refractivity contribution is 7.89. The molecular formula is C16H16F3NO2S. The zero-order valence-electron chi connectivity index (χ0n) is 12.4. The number of alkyl halides is 3. The van der Waals surface area contributed by atoms with Gasteiger partial charge in [0.25, 0.3) is 0 Å². The van der Waals surface area contributed by atoms with Crippen molar-refractivity contribution in [2.24, 2.45) is 0 Å². The Morgan fingerprint density at radius 3 is 2.22 bits per heavy atom. The molecule has 0 aliphatic heterocycles. The lowest BCUT2D eigenvalue weighted by Gasteiger charge is -2.21. The van der Waals surface area contributed by atoms with Gasteiger partial charge in [-0.15, -0.1) is 0 Å². The van der Waals surface area contributed by atoms with Crippen molar-refractivity contribution in [2.45, 2.75) is 24.5 Å². The van der Waals surface area contributed by atoms with E-state index in [1.54, 1.807) is 37.3 Å². The molecule has 0 saturated carbocycles. The maximum absolute atomic E-state index is 12.8. The number of sulfonamides is 1. The number of hydrogen-bond donors (Lipinski definition) is 0. The first-order valence-corrected chi connectivity index (χ1v) is 8.40. The lowest BCUT2D eigenvalue weighted by molar-refractivity contribution is -0.137. The van der Waals surface area contributed by atoms with Gasteiger partial charge in [0, 0.05) is 13.1 Å². The average molecular weight is 343 g/mol. The summed E-state index contributed by atoms with van der Waals surface area (Å²) < 4.78 is 64.7. The van der Waals surface area contributed by atoms with Gasteiger partial charge in [0.05, 0.1) is 10.5 Å². The maximum atomic E-state index is 12.8. The minimum absolute atomic E-state index is 0.107.